The summed E-state index contributed by atoms with van der Waals surface area (Å²) in [5, 5.41) is 11.0. The predicted octanol–water partition coefficient (Wildman–Crippen LogP) is 4.54. The molecule has 2 N–H and O–H groups in total. The average Bonchev–Trinajstić information content (AvgIpc) is 3.52. The number of nitrogens with one attached hydrogen (secondary N) is 2. The van der Waals surface area contributed by atoms with Crippen LogP contribution >= 0.6 is 0 Å². The van der Waals surface area contributed by atoms with E-state index in [1.807, 2.05) is 7.05 Å². The molecule has 0 spiro atoms. The van der Waals surface area contributed by atoms with Crippen molar-refractivity contribution in [1.82, 2.24) is 24.8 Å². The highest BCUT2D eigenvalue weighted by atomic mass is 19.1. The van der Waals surface area contributed by atoms with Gasteiger partial charge in [-0.2, -0.15) is 10.2 Å². The second-order valence-electron chi connectivity index (χ2n) is 8.25. The predicted molar refractivity (Wildman–Crippen MR) is 131 cm³/mol. The first-order valence-electron chi connectivity index (χ1n) is 11.3. The molecule has 3 heterocycles. The molecule has 4 aromatic rings. The number of hydroxylamine groups is 2. The van der Waals surface area contributed by atoms with Crippen LogP contribution in [-0.2, 0) is 11.9 Å². The summed E-state index contributed by atoms with van der Waals surface area (Å²) in [6.07, 6.45) is 7.09. The van der Waals surface area contributed by atoms with Crippen LogP contribution in [0.15, 0.2) is 67.3 Å². The molecule has 1 saturated heterocycles. The molecule has 0 bridgehead atoms. The van der Waals surface area contributed by atoms with E-state index in [9.17, 15) is 13.6 Å². The topological polar surface area (TPSA) is 97.2 Å². The number of aryl methyl sites for hydroxylation is 1. The molecule has 2 aromatic carbocycles. The summed E-state index contributed by atoms with van der Waals surface area (Å²) in [7, 11) is 1.82. The number of carbonyl (C=O) groups excluding carboxylic acids is 1. The number of hydrogen-bond donors (Lipinski definition) is 2. The second kappa shape index (κ2) is 10.4. The average molecular weight is 501 g/mol. The van der Waals surface area contributed by atoms with Crippen LogP contribution in [0.2, 0.25) is 0 Å². The number of anilines is 3. The Kier molecular flexibility index (Phi) is 6.74. The van der Waals surface area contributed by atoms with Crippen molar-refractivity contribution in [3.63, 3.8) is 0 Å². The van der Waals surface area contributed by atoms with Crippen LogP contribution in [0.1, 0.15) is 29.2 Å². The van der Waals surface area contributed by atoms with E-state index in [1.54, 1.807) is 53.7 Å². The highest BCUT2D eigenvalue weighted by Gasteiger charge is 2.32. The molecule has 1 atom stereocenters. The van der Waals surface area contributed by atoms with E-state index in [2.05, 4.69) is 37.5 Å². The van der Waals surface area contributed by atoms with Crippen molar-refractivity contribution in [2.45, 2.75) is 12.5 Å². The van der Waals surface area contributed by atoms with Crippen molar-refractivity contribution in [2.24, 2.45) is 7.05 Å². The zero-order chi connectivity index (χ0) is 25.8. The van der Waals surface area contributed by atoms with Gasteiger partial charge in [-0.15, -0.1) is 0 Å². The van der Waals surface area contributed by atoms with Crippen molar-refractivity contribution in [3.8, 4) is 11.8 Å². The number of nitrogens with zero attached hydrogens (tertiary/aromatic N) is 5. The van der Waals surface area contributed by atoms with Gasteiger partial charge in [0.2, 0.25) is 5.95 Å². The Labute approximate surface area is 211 Å². The number of benzene rings is 2. The third-order valence-electron chi connectivity index (χ3n) is 5.45. The Bertz CT molecular complexity index is 1470. The molecule has 186 valence electrons. The van der Waals surface area contributed by atoms with E-state index in [1.165, 1.54) is 12.1 Å². The standard InChI is InChI=1S/C26H21F2N7O2/c1-34-16-23(15-31-34)32-25-29-13-18(14-30-25)6-5-17-3-2-4-22(9-17)33-26(36)35-24(7-8-37-35)19-10-20(27)12-21(28)11-19/h2-4,9-16,24H,7-8H2,1H3,(H,33,36)(H,29,30,32)/t24-/m0/s1. The quantitative estimate of drug-likeness (QED) is 0.399. The van der Waals surface area contributed by atoms with Crippen molar-refractivity contribution in [1.29, 1.82) is 0 Å². The third-order valence-corrected chi connectivity index (χ3v) is 5.45. The van der Waals surface area contributed by atoms with Gasteiger partial charge >= 0.3 is 6.03 Å². The lowest BCUT2D eigenvalue weighted by Crippen LogP contribution is -2.33. The Morgan fingerprint density at radius 3 is 2.51 bits per heavy atom. The molecule has 0 saturated carbocycles. The van der Waals surface area contributed by atoms with E-state index >= 15 is 0 Å². The molecule has 2 aromatic heterocycles. The molecule has 37 heavy (non-hydrogen) atoms. The number of halogens is 2. The molecule has 2 amide bonds. The summed E-state index contributed by atoms with van der Waals surface area (Å²) < 4.78 is 29.0. The Morgan fingerprint density at radius 2 is 1.78 bits per heavy atom. The van der Waals surface area contributed by atoms with Crippen LogP contribution in [0.5, 0.6) is 0 Å². The Hall–Kier alpha value is -4.82. The third kappa shape index (κ3) is 5.88. The first-order valence-corrected chi connectivity index (χ1v) is 11.3. The van der Waals surface area contributed by atoms with Crippen LogP contribution in [0.4, 0.5) is 30.9 Å². The highest BCUT2D eigenvalue weighted by Crippen LogP contribution is 2.31. The lowest BCUT2D eigenvalue weighted by atomic mass is 10.0. The molecule has 1 aliphatic heterocycles. The fourth-order valence-electron chi connectivity index (χ4n) is 3.81. The summed E-state index contributed by atoms with van der Waals surface area (Å²) >= 11 is 0. The molecule has 0 aliphatic carbocycles. The number of rotatable bonds is 4. The molecular weight excluding hydrogens is 480 g/mol. The van der Waals surface area contributed by atoms with Crippen molar-refractivity contribution in [2.75, 3.05) is 17.2 Å². The van der Waals surface area contributed by atoms with Crippen molar-refractivity contribution in [3.05, 3.63) is 95.6 Å². The zero-order valence-corrected chi connectivity index (χ0v) is 19.7. The molecule has 1 fully saturated rings. The van der Waals surface area contributed by atoms with Gasteiger partial charge in [-0.25, -0.2) is 23.5 Å². The molecule has 0 radical (unpaired) electrons. The van der Waals surface area contributed by atoms with Gasteiger partial charge in [0.15, 0.2) is 0 Å². The van der Waals surface area contributed by atoms with E-state index in [0.29, 0.717) is 34.7 Å². The van der Waals surface area contributed by atoms with Crippen LogP contribution in [-0.4, -0.2) is 37.4 Å². The first kappa shape index (κ1) is 23.9. The molecular formula is C26H21F2N7O2. The summed E-state index contributed by atoms with van der Waals surface area (Å²) in [6.45, 7) is 0.250. The molecule has 9 nitrogen and oxygen atoms in total. The molecule has 5 rings (SSSR count). The highest BCUT2D eigenvalue weighted by molar-refractivity contribution is 5.89. The lowest BCUT2D eigenvalue weighted by Gasteiger charge is -2.23. The number of carbonyl (C=O) groups is 1. The van der Waals surface area contributed by atoms with Gasteiger partial charge in [-0.3, -0.25) is 9.52 Å². The van der Waals surface area contributed by atoms with Crippen LogP contribution in [0.3, 0.4) is 0 Å². The monoisotopic (exact) mass is 501 g/mol. The maximum atomic E-state index is 13.7. The van der Waals surface area contributed by atoms with Gasteiger partial charge < -0.3 is 10.6 Å². The van der Waals surface area contributed by atoms with E-state index in [4.69, 9.17) is 4.84 Å². The van der Waals surface area contributed by atoms with Gasteiger partial charge in [0.05, 0.1) is 30.1 Å². The van der Waals surface area contributed by atoms with Gasteiger partial charge in [0, 0.05) is 49.4 Å². The summed E-state index contributed by atoms with van der Waals surface area (Å²) in [5.41, 5.74) is 2.86. The molecule has 0 unspecified atom stereocenters. The van der Waals surface area contributed by atoms with E-state index in [0.717, 1.165) is 16.8 Å². The number of urea groups is 1. The van der Waals surface area contributed by atoms with E-state index < -0.39 is 23.7 Å². The van der Waals surface area contributed by atoms with Crippen molar-refractivity contribution < 1.29 is 18.4 Å². The Morgan fingerprint density at radius 1 is 1.03 bits per heavy atom. The smallest absolute Gasteiger partial charge is 0.321 e. The van der Waals surface area contributed by atoms with Gasteiger partial charge in [0.1, 0.15) is 11.6 Å². The number of amides is 2. The van der Waals surface area contributed by atoms with Crippen LogP contribution in [0.25, 0.3) is 0 Å². The van der Waals surface area contributed by atoms with Gasteiger partial charge in [0.25, 0.3) is 0 Å². The van der Waals surface area contributed by atoms with Gasteiger partial charge in [-0.05, 0) is 35.9 Å². The SMILES string of the molecule is Cn1cc(Nc2ncc(C#Cc3cccc(NC(=O)N4OCC[C@H]4c4cc(F)cc(F)c4)c3)cn2)cn1. The minimum Gasteiger partial charge on any atom is -0.321 e. The summed E-state index contributed by atoms with van der Waals surface area (Å²) in [4.78, 5) is 26.8. The van der Waals surface area contributed by atoms with E-state index in [-0.39, 0.29) is 6.61 Å². The molecule has 1 aliphatic rings. The van der Waals surface area contributed by atoms with Crippen molar-refractivity contribution >= 4 is 23.4 Å². The number of aromatic nitrogens is 4. The summed E-state index contributed by atoms with van der Waals surface area (Å²) in [6, 6.07) is 8.99. The molecule has 11 heteroatoms. The minimum atomic E-state index is -0.710. The van der Waals surface area contributed by atoms with Crippen LogP contribution < -0.4 is 10.6 Å². The second-order valence-corrected chi connectivity index (χ2v) is 8.25. The van der Waals surface area contributed by atoms with Gasteiger partial charge in [-0.1, -0.05) is 17.9 Å². The largest absolute Gasteiger partial charge is 0.346 e. The Balaban J connectivity index is 1.24. The number of hydrogen-bond acceptors (Lipinski definition) is 6. The lowest BCUT2D eigenvalue weighted by molar-refractivity contribution is -0.0830. The fourth-order valence-corrected chi connectivity index (χ4v) is 3.81. The zero-order valence-electron chi connectivity index (χ0n) is 19.7. The maximum Gasteiger partial charge on any atom is 0.346 e. The minimum absolute atomic E-state index is 0.250. The summed E-state index contributed by atoms with van der Waals surface area (Å²) in [5.74, 6) is 5.02. The maximum absolute atomic E-state index is 13.7. The fraction of sp³-hybridized carbons (Fsp3) is 0.154. The normalized spacial score (nSPS) is 14.7. The van der Waals surface area contributed by atoms with Crippen LogP contribution in [0, 0.1) is 23.5 Å². The first-order chi connectivity index (χ1) is 17.9.